The molecule has 1 aromatic carbocycles. The second-order valence-corrected chi connectivity index (χ2v) is 7.12. The van der Waals surface area contributed by atoms with Crippen molar-refractivity contribution in [1.29, 1.82) is 0 Å². The first kappa shape index (κ1) is 18.4. The normalized spacial score (nSPS) is 14.2. The molecule has 1 N–H and O–H groups in total. The number of rotatable bonds is 6. The molecule has 7 nitrogen and oxygen atoms in total. The van der Waals surface area contributed by atoms with Crippen molar-refractivity contribution >= 4 is 17.5 Å². The van der Waals surface area contributed by atoms with E-state index in [-0.39, 0.29) is 17.7 Å². The van der Waals surface area contributed by atoms with Gasteiger partial charge in [-0.1, -0.05) is 35.0 Å². The molecule has 1 aliphatic carbocycles. The highest BCUT2D eigenvalue weighted by Gasteiger charge is 2.17. The van der Waals surface area contributed by atoms with E-state index in [4.69, 9.17) is 16.3 Å². The summed E-state index contributed by atoms with van der Waals surface area (Å²) in [6, 6.07) is 11.0. The number of amides is 1. The van der Waals surface area contributed by atoms with Gasteiger partial charge in [0.15, 0.2) is 5.69 Å². The number of pyridine rings is 1. The summed E-state index contributed by atoms with van der Waals surface area (Å²) in [5.41, 5.74) is 1.76. The second-order valence-electron chi connectivity index (χ2n) is 6.71. The van der Waals surface area contributed by atoms with Gasteiger partial charge >= 0.3 is 0 Å². The highest BCUT2D eigenvalue weighted by Crippen LogP contribution is 2.23. The SMILES string of the molecule is O=C(NCc1ccc(OC2CCCC2)nc1)c1cn(-c2ccccc2Cl)nn1. The van der Waals surface area contributed by atoms with Gasteiger partial charge in [0.05, 0.1) is 16.9 Å². The largest absolute Gasteiger partial charge is 0.474 e. The Morgan fingerprint density at radius 1 is 1.21 bits per heavy atom. The Balaban J connectivity index is 1.33. The van der Waals surface area contributed by atoms with Crippen molar-refractivity contribution in [3.63, 3.8) is 0 Å². The second kappa shape index (κ2) is 8.39. The van der Waals surface area contributed by atoms with E-state index in [9.17, 15) is 4.79 Å². The summed E-state index contributed by atoms with van der Waals surface area (Å²) in [5.74, 6) is 0.314. The molecule has 0 bridgehead atoms. The highest BCUT2D eigenvalue weighted by molar-refractivity contribution is 6.32. The van der Waals surface area contributed by atoms with E-state index in [2.05, 4.69) is 20.6 Å². The Morgan fingerprint density at radius 2 is 2.04 bits per heavy atom. The summed E-state index contributed by atoms with van der Waals surface area (Å²) in [6.07, 6.45) is 8.16. The molecular formula is C20H20ClN5O2. The van der Waals surface area contributed by atoms with Gasteiger partial charge in [-0.15, -0.1) is 5.10 Å². The number of carbonyl (C=O) groups is 1. The summed E-state index contributed by atoms with van der Waals surface area (Å²) in [7, 11) is 0. The van der Waals surface area contributed by atoms with Crippen LogP contribution >= 0.6 is 11.6 Å². The van der Waals surface area contributed by atoms with Crippen LogP contribution < -0.4 is 10.1 Å². The maximum Gasteiger partial charge on any atom is 0.273 e. The Bertz CT molecular complexity index is 951. The maximum atomic E-state index is 12.3. The molecule has 144 valence electrons. The molecule has 0 aliphatic heterocycles. The van der Waals surface area contributed by atoms with E-state index < -0.39 is 0 Å². The summed E-state index contributed by atoms with van der Waals surface area (Å²) in [5, 5.41) is 11.3. The molecule has 1 saturated carbocycles. The number of para-hydroxylation sites is 1. The van der Waals surface area contributed by atoms with Gasteiger partial charge in [0.1, 0.15) is 6.10 Å². The standard InChI is InChI=1S/C20H20ClN5O2/c21-16-7-3-4-8-18(16)26-13-17(24-25-26)20(27)23-12-14-9-10-19(22-11-14)28-15-5-1-2-6-15/h3-4,7-11,13,15H,1-2,5-6,12H2,(H,23,27). The van der Waals surface area contributed by atoms with E-state index in [0.717, 1.165) is 18.4 Å². The van der Waals surface area contributed by atoms with E-state index in [1.54, 1.807) is 24.5 Å². The lowest BCUT2D eigenvalue weighted by Gasteiger charge is -2.12. The molecule has 8 heteroatoms. The monoisotopic (exact) mass is 397 g/mol. The molecule has 2 aromatic heterocycles. The zero-order chi connectivity index (χ0) is 19.3. The van der Waals surface area contributed by atoms with Crippen molar-refractivity contribution in [1.82, 2.24) is 25.3 Å². The predicted octanol–water partition coefficient (Wildman–Crippen LogP) is 3.57. The fourth-order valence-corrected chi connectivity index (χ4v) is 3.38. The van der Waals surface area contributed by atoms with Crippen LogP contribution in [0, 0.1) is 0 Å². The van der Waals surface area contributed by atoms with Crippen LogP contribution in [-0.4, -0.2) is 32.0 Å². The van der Waals surface area contributed by atoms with Crippen LogP contribution in [0.15, 0.2) is 48.8 Å². The first-order chi connectivity index (χ1) is 13.7. The van der Waals surface area contributed by atoms with Crippen LogP contribution in [0.5, 0.6) is 5.88 Å². The lowest BCUT2D eigenvalue weighted by Crippen LogP contribution is -2.23. The highest BCUT2D eigenvalue weighted by atomic mass is 35.5. The Kier molecular flexibility index (Phi) is 5.53. The Hall–Kier alpha value is -2.93. The third kappa shape index (κ3) is 4.31. The first-order valence-corrected chi connectivity index (χ1v) is 9.64. The van der Waals surface area contributed by atoms with Gasteiger partial charge in [-0.05, 0) is 43.4 Å². The van der Waals surface area contributed by atoms with Crippen LogP contribution in [0.1, 0.15) is 41.7 Å². The van der Waals surface area contributed by atoms with Crippen LogP contribution in [-0.2, 0) is 6.54 Å². The van der Waals surface area contributed by atoms with Crippen molar-refractivity contribution in [2.45, 2.75) is 38.3 Å². The van der Waals surface area contributed by atoms with E-state index in [1.807, 2.05) is 24.3 Å². The third-order valence-corrected chi connectivity index (χ3v) is 4.99. The van der Waals surface area contributed by atoms with Gasteiger partial charge in [-0.2, -0.15) is 0 Å². The smallest absolute Gasteiger partial charge is 0.273 e. The van der Waals surface area contributed by atoms with E-state index in [1.165, 1.54) is 17.5 Å². The van der Waals surface area contributed by atoms with Gasteiger partial charge in [0.25, 0.3) is 5.91 Å². The molecule has 0 radical (unpaired) electrons. The van der Waals surface area contributed by atoms with E-state index >= 15 is 0 Å². The number of hydrogen-bond donors (Lipinski definition) is 1. The van der Waals surface area contributed by atoms with Gasteiger partial charge in [0.2, 0.25) is 5.88 Å². The first-order valence-electron chi connectivity index (χ1n) is 9.26. The molecule has 28 heavy (non-hydrogen) atoms. The van der Waals surface area contributed by atoms with Crippen molar-refractivity contribution < 1.29 is 9.53 Å². The zero-order valence-electron chi connectivity index (χ0n) is 15.2. The topological polar surface area (TPSA) is 81.9 Å². The minimum atomic E-state index is -0.315. The van der Waals surface area contributed by atoms with Gasteiger partial charge in [-0.3, -0.25) is 4.79 Å². The number of halogens is 1. The number of nitrogens with zero attached hydrogens (tertiary/aromatic N) is 4. The fraction of sp³-hybridized carbons (Fsp3) is 0.300. The summed E-state index contributed by atoms with van der Waals surface area (Å²) < 4.78 is 7.33. The molecule has 1 fully saturated rings. The van der Waals surface area contributed by atoms with Gasteiger partial charge < -0.3 is 10.1 Å². The maximum absolute atomic E-state index is 12.3. The average Bonchev–Trinajstić information content (AvgIpc) is 3.40. The molecule has 0 saturated heterocycles. The lowest BCUT2D eigenvalue weighted by molar-refractivity contribution is 0.0946. The molecule has 0 spiro atoms. The molecule has 0 atom stereocenters. The number of aromatic nitrogens is 4. The van der Waals surface area contributed by atoms with Crippen LogP contribution in [0.25, 0.3) is 5.69 Å². The van der Waals surface area contributed by atoms with Crippen LogP contribution in [0.2, 0.25) is 5.02 Å². The lowest BCUT2D eigenvalue weighted by atomic mass is 10.2. The number of hydrogen-bond acceptors (Lipinski definition) is 5. The summed E-state index contributed by atoms with van der Waals surface area (Å²) in [4.78, 5) is 16.7. The molecule has 2 heterocycles. The molecule has 1 amide bonds. The number of carbonyl (C=O) groups excluding carboxylic acids is 1. The van der Waals surface area contributed by atoms with Crippen molar-refractivity contribution in [3.8, 4) is 11.6 Å². The molecule has 1 aliphatic rings. The van der Waals surface area contributed by atoms with E-state index in [0.29, 0.717) is 23.1 Å². The van der Waals surface area contributed by atoms with Crippen molar-refractivity contribution in [2.24, 2.45) is 0 Å². The minimum Gasteiger partial charge on any atom is -0.474 e. The van der Waals surface area contributed by atoms with Crippen LogP contribution in [0.4, 0.5) is 0 Å². The van der Waals surface area contributed by atoms with Crippen LogP contribution in [0.3, 0.4) is 0 Å². The third-order valence-electron chi connectivity index (χ3n) is 4.67. The minimum absolute atomic E-state index is 0.217. The molecule has 0 unspecified atom stereocenters. The number of benzene rings is 1. The zero-order valence-corrected chi connectivity index (χ0v) is 16.0. The molecule has 4 rings (SSSR count). The number of nitrogens with one attached hydrogen (secondary N) is 1. The summed E-state index contributed by atoms with van der Waals surface area (Å²) in [6.45, 7) is 0.342. The Labute approximate surface area is 167 Å². The Morgan fingerprint density at radius 3 is 2.79 bits per heavy atom. The quantitative estimate of drug-likeness (QED) is 0.687. The fourth-order valence-electron chi connectivity index (χ4n) is 3.16. The predicted molar refractivity (Wildman–Crippen MR) is 105 cm³/mol. The molecular weight excluding hydrogens is 378 g/mol. The number of ether oxygens (including phenoxy) is 1. The van der Waals surface area contributed by atoms with Crippen molar-refractivity contribution in [3.05, 3.63) is 65.1 Å². The van der Waals surface area contributed by atoms with Gasteiger partial charge in [0, 0.05) is 18.8 Å². The summed E-state index contributed by atoms with van der Waals surface area (Å²) >= 11 is 6.15. The van der Waals surface area contributed by atoms with Gasteiger partial charge in [-0.25, -0.2) is 9.67 Å². The molecule has 3 aromatic rings. The average molecular weight is 398 g/mol. The van der Waals surface area contributed by atoms with Crippen molar-refractivity contribution in [2.75, 3.05) is 0 Å².